The molecule has 0 atom stereocenters. The van der Waals surface area contributed by atoms with E-state index < -0.39 is 0 Å². The Balaban J connectivity index is 1.82. The van der Waals surface area contributed by atoms with E-state index in [1.807, 2.05) is 4.90 Å². The van der Waals surface area contributed by atoms with Crippen LogP contribution in [0.25, 0.3) is 0 Å². The van der Waals surface area contributed by atoms with Gasteiger partial charge in [0, 0.05) is 19.6 Å². The summed E-state index contributed by atoms with van der Waals surface area (Å²) in [5.74, 6) is 0. The number of thiophene rings is 1. The van der Waals surface area contributed by atoms with Crippen molar-refractivity contribution in [3.8, 4) is 0 Å². The van der Waals surface area contributed by atoms with Crippen LogP contribution >= 0.6 is 11.3 Å². The average molecular weight is 196 g/mol. The minimum absolute atomic E-state index is 0.0789. The summed E-state index contributed by atoms with van der Waals surface area (Å²) in [6, 6.07) is 2.19. The second-order valence-electron chi connectivity index (χ2n) is 3.10. The van der Waals surface area contributed by atoms with E-state index in [-0.39, 0.29) is 6.03 Å². The lowest BCUT2D eigenvalue weighted by molar-refractivity contribution is 0.218. The third kappa shape index (κ3) is 2.01. The molecule has 1 aromatic heterocycles. The second-order valence-corrected chi connectivity index (χ2v) is 3.88. The van der Waals surface area contributed by atoms with Crippen LogP contribution < -0.4 is 5.32 Å². The molecule has 70 valence electrons. The largest absolute Gasteiger partial charge is 0.336 e. The fraction of sp³-hybridized carbons (Fsp3) is 0.444. The van der Waals surface area contributed by atoms with E-state index in [4.69, 9.17) is 0 Å². The van der Waals surface area contributed by atoms with Crippen molar-refractivity contribution in [3.63, 3.8) is 0 Å². The van der Waals surface area contributed by atoms with Crippen molar-refractivity contribution in [3.05, 3.63) is 22.4 Å². The van der Waals surface area contributed by atoms with Gasteiger partial charge in [-0.05, 0) is 28.8 Å². The number of nitrogens with zero attached hydrogens (tertiary/aromatic N) is 1. The zero-order chi connectivity index (χ0) is 9.10. The molecule has 2 rings (SSSR count). The number of nitrogens with one attached hydrogen (secondary N) is 1. The number of carbonyl (C=O) groups excluding carboxylic acids is 1. The van der Waals surface area contributed by atoms with Crippen LogP contribution in [0.5, 0.6) is 0 Å². The van der Waals surface area contributed by atoms with E-state index in [9.17, 15) is 4.79 Å². The molecule has 1 fully saturated rings. The van der Waals surface area contributed by atoms with Gasteiger partial charge < -0.3 is 10.2 Å². The summed E-state index contributed by atoms with van der Waals surface area (Å²) in [4.78, 5) is 13.0. The molecule has 0 spiro atoms. The van der Waals surface area contributed by atoms with Crippen molar-refractivity contribution in [2.75, 3.05) is 19.6 Å². The third-order valence-electron chi connectivity index (χ3n) is 2.20. The maximum absolute atomic E-state index is 11.2. The predicted molar refractivity (Wildman–Crippen MR) is 53.0 cm³/mol. The fourth-order valence-corrected chi connectivity index (χ4v) is 2.13. The van der Waals surface area contributed by atoms with Crippen LogP contribution in [0.2, 0.25) is 0 Å². The van der Waals surface area contributed by atoms with Gasteiger partial charge in [0.2, 0.25) is 0 Å². The summed E-state index contributed by atoms with van der Waals surface area (Å²) in [5, 5.41) is 6.99. The molecule has 0 bridgehead atoms. The standard InChI is InChI=1S/C9H12N2OS/c12-9-10-3-5-11(9)4-1-8-2-6-13-7-8/h2,6-7H,1,3-5H2,(H,10,12). The Labute approximate surface area is 81.4 Å². The maximum atomic E-state index is 11.2. The van der Waals surface area contributed by atoms with Crippen molar-refractivity contribution < 1.29 is 4.79 Å². The van der Waals surface area contributed by atoms with E-state index in [0.717, 1.165) is 26.1 Å². The summed E-state index contributed by atoms with van der Waals surface area (Å²) in [6.45, 7) is 2.48. The molecule has 4 heteroatoms. The van der Waals surface area contributed by atoms with Crippen LogP contribution in [0.1, 0.15) is 5.56 Å². The van der Waals surface area contributed by atoms with E-state index >= 15 is 0 Å². The minimum atomic E-state index is 0.0789. The molecule has 2 heterocycles. The first-order chi connectivity index (χ1) is 6.36. The van der Waals surface area contributed by atoms with Gasteiger partial charge in [0.15, 0.2) is 0 Å². The lowest BCUT2D eigenvalue weighted by Gasteiger charge is -2.12. The topological polar surface area (TPSA) is 32.3 Å². The van der Waals surface area contributed by atoms with Crippen LogP contribution in [-0.4, -0.2) is 30.6 Å². The quantitative estimate of drug-likeness (QED) is 0.777. The normalized spacial score (nSPS) is 16.3. The Morgan fingerprint density at radius 2 is 2.54 bits per heavy atom. The van der Waals surface area contributed by atoms with Gasteiger partial charge in [-0.1, -0.05) is 0 Å². The van der Waals surface area contributed by atoms with Gasteiger partial charge in [-0.3, -0.25) is 0 Å². The van der Waals surface area contributed by atoms with Gasteiger partial charge in [-0.2, -0.15) is 11.3 Å². The number of hydrogen-bond donors (Lipinski definition) is 1. The zero-order valence-electron chi connectivity index (χ0n) is 7.32. The van der Waals surface area contributed by atoms with Gasteiger partial charge in [0.1, 0.15) is 0 Å². The Morgan fingerprint density at radius 3 is 3.15 bits per heavy atom. The Hall–Kier alpha value is -1.03. The summed E-state index contributed by atoms with van der Waals surface area (Å²) in [5.41, 5.74) is 1.32. The smallest absolute Gasteiger partial charge is 0.317 e. The molecule has 0 aliphatic carbocycles. The van der Waals surface area contributed by atoms with Crippen LogP contribution in [-0.2, 0) is 6.42 Å². The summed E-state index contributed by atoms with van der Waals surface area (Å²) >= 11 is 1.70. The molecule has 0 radical (unpaired) electrons. The highest BCUT2D eigenvalue weighted by Gasteiger charge is 2.18. The van der Waals surface area contributed by atoms with E-state index in [1.54, 1.807) is 11.3 Å². The highest BCUT2D eigenvalue weighted by molar-refractivity contribution is 7.07. The van der Waals surface area contributed by atoms with Crippen molar-refractivity contribution in [1.82, 2.24) is 10.2 Å². The lowest BCUT2D eigenvalue weighted by Crippen LogP contribution is -2.29. The molecule has 1 aliphatic rings. The first-order valence-corrected chi connectivity index (χ1v) is 5.34. The Bertz CT molecular complexity index is 284. The fourth-order valence-electron chi connectivity index (χ4n) is 1.42. The van der Waals surface area contributed by atoms with Crippen LogP contribution in [0.4, 0.5) is 4.79 Å². The first-order valence-electron chi connectivity index (χ1n) is 4.40. The molecular weight excluding hydrogens is 184 g/mol. The van der Waals surface area contributed by atoms with E-state index in [0.29, 0.717) is 0 Å². The predicted octanol–water partition coefficient (Wildman–Crippen LogP) is 1.32. The first kappa shape index (κ1) is 8.56. The molecule has 13 heavy (non-hydrogen) atoms. The highest BCUT2D eigenvalue weighted by Crippen LogP contribution is 2.08. The summed E-state index contributed by atoms with van der Waals surface area (Å²) in [7, 11) is 0. The number of urea groups is 1. The monoisotopic (exact) mass is 196 g/mol. The third-order valence-corrected chi connectivity index (χ3v) is 2.93. The average Bonchev–Trinajstić information content (AvgIpc) is 2.72. The van der Waals surface area contributed by atoms with Crippen molar-refractivity contribution >= 4 is 17.4 Å². The Morgan fingerprint density at radius 1 is 1.62 bits per heavy atom. The van der Waals surface area contributed by atoms with Gasteiger partial charge in [0.25, 0.3) is 0 Å². The maximum Gasteiger partial charge on any atom is 0.317 e. The molecule has 1 saturated heterocycles. The minimum Gasteiger partial charge on any atom is -0.336 e. The molecular formula is C9H12N2OS. The van der Waals surface area contributed by atoms with Gasteiger partial charge in [-0.15, -0.1) is 0 Å². The Kier molecular flexibility index (Phi) is 2.49. The number of rotatable bonds is 3. The number of carbonyl (C=O) groups is 1. The molecule has 2 amide bonds. The molecule has 1 N–H and O–H groups in total. The van der Waals surface area contributed by atoms with Crippen molar-refractivity contribution in [1.29, 1.82) is 0 Å². The highest BCUT2D eigenvalue weighted by atomic mass is 32.1. The molecule has 0 unspecified atom stereocenters. The van der Waals surface area contributed by atoms with E-state index in [2.05, 4.69) is 22.1 Å². The molecule has 0 saturated carbocycles. The molecule has 0 aromatic carbocycles. The van der Waals surface area contributed by atoms with Crippen LogP contribution in [0.3, 0.4) is 0 Å². The number of amides is 2. The SMILES string of the molecule is O=C1NCCN1CCc1ccsc1. The van der Waals surface area contributed by atoms with Crippen molar-refractivity contribution in [2.45, 2.75) is 6.42 Å². The van der Waals surface area contributed by atoms with Gasteiger partial charge in [0.05, 0.1) is 0 Å². The summed E-state index contributed by atoms with van der Waals surface area (Å²) in [6.07, 6.45) is 0.969. The van der Waals surface area contributed by atoms with Crippen molar-refractivity contribution in [2.24, 2.45) is 0 Å². The summed E-state index contributed by atoms with van der Waals surface area (Å²) < 4.78 is 0. The lowest BCUT2D eigenvalue weighted by atomic mass is 10.2. The molecule has 1 aliphatic heterocycles. The number of hydrogen-bond acceptors (Lipinski definition) is 2. The molecule has 3 nitrogen and oxygen atoms in total. The molecule has 1 aromatic rings. The second kappa shape index (κ2) is 3.79. The van der Waals surface area contributed by atoms with Crippen LogP contribution in [0, 0.1) is 0 Å². The van der Waals surface area contributed by atoms with Crippen LogP contribution in [0.15, 0.2) is 16.8 Å². The van der Waals surface area contributed by atoms with Gasteiger partial charge >= 0.3 is 6.03 Å². The zero-order valence-corrected chi connectivity index (χ0v) is 8.14. The van der Waals surface area contributed by atoms with E-state index in [1.165, 1.54) is 5.56 Å². The van der Waals surface area contributed by atoms with Gasteiger partial charge in [-0.25, -0.2) is 4.79 Å².